The van der Waals surface area contributed by atoms with Crippen LogP contribution in [0.5, 0.6) is 0 Å². The van der Waals surface area contributed by atoms with E-state index in [9.17, 15) is 14.4 Å². The molecule has 0 amide bonds. The van der Waals surface area contributed by atoms with E-state index < -0.39 is 17.7 Å². The lowest BCUT2D eigenvalue weighted by Crippen LogP contribution is -2.15. The number of Topliss-reactive ketones (excluding diaryl/α,β-unsaturated/α-hetero) is 1. The monoisotopic (exact) mass is 270 g/mol. The van der Waals surface area contributed by atoms with Gasteiger partial charge in [0.25, 0.3) is 0 Å². The van der Waals surface area contributed by atoms with Crippen LogP contribution in [0.15, 0.2) is 12.7 Å². The highest BCUT2D eigenvalue weighted by molar-refractivity contribution is 6.32. The molecule has 0 bridgehead atoms. The lowest BCUT2D eigenvalue weighted by atomic mass is 9.97. The maximum Gasteiger partial charge on any atom is 0.372 e. The van der Waals surface area contributed by atoms with Gasteiger partial charge in [-0.3, -0.25) is 9.59 Å². The summed E-state index contributed by atoms with van der Waals surface area (Å²) in [7, 11) is 0. The van der Waals surface area contributed by atoms with Gasteiger partial charge in [-0.05, 0) is 25.2 Å². The molecule has 0 saturated carbocycles. The molecule has 0 aliphatic rings. The van der Waals surface area contributed by atoms with Gasteiger partial charge >= 0.3 is 11.9 Å². The number of ether oxygens (including phenoxy) is 1. The molecule has 0 saturated heterocycles. The van der Waals surface area contributed by atoms with Crippen molar-refractivity contribution in [3.05, 3.63) is 12.7 Å². The molecule has 0 aliphatic heterocycles. The number of carboxylic acid groups (broad SMARTS) is 1. The first-order valence-corrected chi connectivity index (χ1v) is 6.53. The number of ketones is 1. The van der Waals surface area contributed by atoms with Crippen molar-refractivity contribution in [3.63, 3.8) is 0 Å². The summed E-state index contributed by atoms with van der Waals surface area (Å²) in [6.07, 6.45) is 5.16. The number of aliphatic carboxylic acids is 1. The number of esters is 1. The molecular formula is C14H22O5. The summed E-state index contributed by atoms with van der Waals surface area (Å²) in [5, 5.41) is 8.34. The highest BCUT2D eigenvalue weighted by Crippen LogP contribution is 2.15. The van der Waals surface area contributed by atoms with Crippen molar-refractivity contribution in [1.29, 1.82) is 0 Å². The van der Waals surface area contributed by atoms with Gasteiger partial charge in [-0.2, -0.15) is 0 Å². The summed E-state index contributed by atoms with van der Waals surface area (Å²) in [6.45, 7) is 6.12. The zero-order valence-corrected chi connectivity index (χ0v) is 11.4. The summed E-state index contributed by atoms with van der Waals surface area (Å²) < 4.78 is 4.94. The predicted molar refractivity (Wildman–Crippen MR) is 70.7 cm³/mol. The minimum atomic E-state index is -1.51. The largest absolute Gasteiger partial charge is 0.476 e. The van der Waals surface area contributed by atoms with E-state index in [1.807, 2.05) is 6.08 Å². The Morgan fingerprint density at radius 1 is 1.32 bits per heavy atom. The van der Waals surface area contributed by atoms with E-state index in [1.54, 1.807) is 0 Å². The number of allylic oxidation sites excluding steroid dienone is 1. The molecule has 0 spiro atoms. The molecule has 1 N–H and O–H groups in total. The van der Waals surface area contributed by atoms with Crippen molar-refractivity contribution < 1.29 is 24.2 Å². The normalized spacial score (nSPS) is 11.6. The lowest BCUT2D eigenvalue weighted by Gasteiger charge is -2.12. The molecule has 0 rings (SSSR count). The van der Waals surface area contributed by atoms with E-state index in [1.165, 1.54) is 0 Å². The van der Waals surface area contributed by atoms with Gasteiger partial charge in [-0.15, -0.1) is 6.58 Å². The third kappa shape index (κ3) is 8.99. The Morgan fingerprint density at radius 3 is 2.53 bits per heavy atom. The molecule has 0 heterocycles. The Morgan fingerprint density at radius 2 is 2.00 bits per heavy atom. The fourth-order valence-corrected chi connectivity index (χ4v) is 1.68. The van der Waals surface area contributed by atoms with E-state index in [-0.39, 0.29) is 12.8 Å². The van der Waals surface area contributed by atoms with E-state index in [2.05, 4.69) is 13.5 Å². The quantitative estimate of drug-likeness (QED) is 0.270. The second kappa shape index (κ2) is 10.3. The van der Waals surface area contributed by atoms with Crippen molar-refractivity contribution in [1.82, 2.24) is 0 Å². The van der Waals surface area contributed by atoms with Crippen LogP contribution in [0.2, 0.25) is 0 Å². The molecular weight excluding hydrogens is 248 g/mol. The van der Waals surface area contributed by atoms with Gasteiger partial charge < -0.3 is 9.84 Å². The first-order valence-electron chi connectivity index (χ1n) is 6.53. The molecule has 1 atom stereocenters. The Balaban J connectivity index is 3.66. The topological polar surface area (TPSA) is 80.7 Å². The number of carbonyl (C=O) groups is 3. The fraction of sp³-hybridized carbons (Fsp3) is 0.643. The smallest absolute Gasteiger partial charge is 0.372 e. The van der Waals surface area contributed by atoms with Gasteiger partial charge in [0.15, 0.2) is 0 Å². The Bertz CT molecular complexity index is 322. The minimum Gasteiger partial charge on any atom is -0.476 e. The van der Waals surface area contributed by atoms with Crippen molar-refractivity contribution in [3.8, 4) is 0 Å². The van der Waals surface area contributed by atoms with Crippen LogP contribution in [-0.2, 0) is 19.1 Å². The Labute approximate surface area is 113 Å². The van der Waals surface area contributed by atoms with Crippen LogP contribution in [0.25, 0.3) is 0 Å². The van der Waals surface area contributed by atoms with E-state index in [4.69, 9.17) is 9.84 Å². The first-order chi connectivity index (χ1) is 9.01. The highest BCUT2D eigenvalue weighted by atomic mass is 16.5. The molecule has 0 radical (unpaired) electrons. The molecule has 108 valence electrons. The molecule has 0 aliphatic carbocycles. The maximum atomic E-state index is 11.2. The predicted octanol–water partition coefficient (Wildman–Crippen LogP) is 2.35. The van der Waals surface area contributed by atoms with Crippen LogP contribution in [0, 0.1) is 5.92 Å². The molecule has 0 aromatic carbocycles. The molecule has 0 fully saturated rings. The number of hydrogen-bond acceptors (Lipinski definition) is 4. The van der Waals surface area contributed by atoms with E-state index in [0.29, 0.717) is 12.5 Å². The second-order valence-corrected chi connectivity index (χ2v) is 4.39. The average Bonchev–Trinajstić information content (AvgIpc) is 2.39. The summed E-state index contributed by atoms with van der Waals surface area (Å²) in [6, 6.07) is 0. The molecule has 19 heavy (non-hydrogen) atoms. The third-order valence-corrected chi connectivity index (χ3v) is 2.89. The zero-order chi connectivity index (χ0) is 14.7. The number of hydrogen-bond donors (Lipinski definition) is 1. The number of carboxylic acids is 1. The molecule has 5 heteroatoms. The van der Waals surface area contributed by atoms with E-state index in [0.717, 1.165) is 25.7 Å². The van der Waals surface area contributed by atoms with Gasteiger partial charge in [0, 0.05) is 6.42 Å². The minimum absolute atomic E-state index is 0.172. The van der Waals surface area contributed by atoms with Gasteiger partial charge in [0.2, 0.25) is 5.78 Å². The van der Waals surface area contributed by atoms with Crippen LogP contribution in [0.1, 0.15) is 45.4 Å². The van der Waals surface area contributed by atoms with Crippen LogP contribution < -0.4 is 0 Å². The van der Waals surface area contributed by atoms with Crippen LogP contribution in [0.4, 0.5) is 0 Å². The second-order valence-electron chi connectivity index (χ2n) is 4.39. The summed E-state index contributed by atoms with van der Waals surface area (Å²) in [4.78, 5) is 32.2. The third-order valence-electron chi connectivity index (χ3n) is 2.89. The molecule has 0 aromatic rings. The molecule has 1 unspecified atom stereocenters. The number of carbonyl (C=O) groups excluding carboxylic acids is 2. The van der Waals surface area contributed by atoms with Gasteiger partial charge in [-0.1, -0.05) is 19.4 Å². The zero-order valence-electron chi connectivity index (χ0n) is 11.4. The van der Waals surface area contributed by atoms with E-state index >= 15 is 0 Å². The molecule has 0 aromatic heterocycles. The van der Waals surface area contributed by atoms with Crippen molar-refractivity contribution in [2.75, 3.05) is 6.61 Å². The van der Waals surface area contributed by atoms with Crippen LogP contribution >= 0.6 is 0 Å². The van der Waals surface area contributed by atoms with Crippen molar-refractivity contribution in [2.24, 2.45) is 5.92 Å². The van der Waals surface area contributed by atoms with Gasteiger partial charge in [0.1, 0.15) is 0 Å². The molecule has 5 nitrogen and oxygen atoms in total. The van der Waals surface area contributed by atoms with Gasteiger partial charge in [-0.25, -0.2) is 4.79 Å². The summed E-state index contributed by atoms with van der Waals surface area (Å²) in [5.41, 5.74) is 0. The van der Waals surface area contributed by atoms with Crippen molar-refractivity contribution >= 4 is 17.7 Å². The maximum absolute atomic E-state index is 11.2. The highest BCUT2D eigenvalue weighted by Gasteiger charge is 2.14. The number of rotatable bonds is 11. The first kappa shape index (κ1) is 17.4. The lowest BCUT2D eigenvalue weighted by molar-refractivity contribution is -0.150. The van der Waals surface area contributed by atoms with Crippen LogP contribution in [-0.4, -0.2) is 29.4 Å². The summed E-state index contributed by atoms with van der Waals surface area (Å²) >= 11 is 0. The Kier molecular flexibility index (Phi) is 9.40. The average molecular weight is 270 g/mol. The fourth-order valence-electron chi connectivity index (χ4n) is 1.68. The standard InChI is InChI=1S/C14H22O5/c1-3-6-11(4-2)7-5-10-19-13(16)9-8-12(15)14(17)18/h3,11H,1,4-10H2,2H3,(H,17,18). The SMILES string of the molecule is C=CCC(CC)CCCOC(=O)CCC(=O)C(=O)O. The Hall–Kier alpha value is -1.65. The van der Waals surface area contributed by atoms with Crippen LogP contribution in [0.3, 0.4) is 0 Å². The van der Waals surface area contributed by atoms with Crippen molar-refractivity contribution in [2.45, 2.75) is 45.4 Å². The summed E-state index contributed by atoms with van der Waals surface area (Å²) in [5.74, 6) is -2.44. The van der Waals surface area contributed by atoms with Gasteiger partial charge in [0.05, 0.1) is 13.0 Å².